The molecule has 0 bridgehead atoms. The molecule has 0 spiro atoms. The molecule has 8 heteroatoms. The van der Waals surface area contributed by atoms with Crippen molar-refractivity contribution in [1.29, 1.82) is 0 Å². The number of aromatic amines is 1. The van der Waals surface area contributed by atoms with Crippen LogP contribution in [0.1, 0.15) is 34.9 Å². The fourth-order valence-corrected chi connectivity index (χ4v) is 4.34. The molecule has 0 unspecified atom stereocenters. The molecule has 0 fully saturated rings. The second-order valence-electron chi connectivity index (χ2n) is 5.54. The fraction of sp³-hybridized carbons (Fsp3) is 0.333. The van der Waals surface area contributed by atoms with Gasteiger partial charge in [0.2, 0.25) is 0 Å². The quantitative estimate of drug-likeness (QED) is 0.773. The SMILES string of the molecule is Cn1ncnc1C=C(Cl)c1nc2sc3c(c2c(=O)[nH]1)CCCC3. The van der Waals surface area contributed by atoms with E-state index in [1.165, 1.54) is 23.2 Å². The largest absolute Gasteiger partial charge is 0.305 e. The van der Waals surface area contributed by atoms with Gasteiger partial charge in [0.1, 0.15) is 11.2 Å². The summed E-state index contributed by atoms with van der Waals surface area (Å²) in [7, 11) is 1.77. The molecule has 0 aliphatic heterocycles. The molecule has 0 amide bonds. The summed E-state index contributed by atoms with van der Waals surface area (Å²) in [6, 6.07) is 0. The van der Waals surface area contributed by atoms with E-state index in [-0.39, 0.29) is 5.56 Å². The van der Waals surface area contributed by atoms with Crippen LogP contribution in [0.5, 0.6) is 0 Å². The van der Waals surface area contributed by atoms with Crippen molar-refractivity contribution in [3.8, 4) is 0 Å². The molecule has 3 aromatic rings. The molecule has 0 radical (unpaired) electrons. The Kier molecular flexibility index (Phi) is 3.54. The van der Waals surface area contributed by atoms with E-state index in [4.69, 9.17) is 11.6 Å². The number of nitrogens with one attached hydrogen (secondary N) is 1. The van der Waals surface area contributed by atoms with Crippen LogP contribution < -0.4 is 5.56 Å². The molecule has 1 aliphatic carbocycles. The van der Waals surface area contributed by atoms with Crippen molar-refractivity contribution in [1.82, 2.24) is 24.7 Å². The Morgan fingerprint density at radius 3 is 3.04 bits per heavy atom. The van der Waals surface area contributed by atoms with E-state index in [0.29, 0.717) is 16.7 Å². The molecular weight excluding hydrogens is 334 g/mol. The molecule has 0 saturated carbocycles. The summed E-state index contributed by atoms with van der Waals surface area (Å²) in [4.78, 5) is 26.0. The molecule has 23 heavy (non-hydrogen) atoms. The van der Waals surface area contributed by atoms with Gasteiger partial charge in [0.05, 0.1) is 10.4 Å². The van der Waals surface area contributed by atoms with Crippen molar-refractivity contribution in [2.75, 3.05) is 0 Å². The van der Waals surface area contributed by atoms with E-state index in [1.54, 1.807) is 29.1 Å². The van der Waals surface area contributed by atoms with Gasteiger partial charge in [-0.3, -0.25) is 4.79 Å². The summed E-state index contributed by atoms with van der Waals surface area (Å²) in [5.41, 5.74) is 1.05. The Balaban J connectivity index is 1.84. The lowest BCUT2D eigenvalue weighted by Gasteiger charge is -2.09. The summed E-state index contributed by atoms with van der Waals surface area (Å²) in [5.74, 6) is 0.967. The Morgan fingerprint density at radius 1 is 1.43 bits per heavy atom. The van der Waals surface area contributed by atoms with E-state index in [1.807, 2.05) is 0 Å². The summed E-state index contributed by atoms with van der Waals surface area (Å²) in [5, 5.41) is 5.06. The fourth-order valence-electron chi connectivity index (χ4n) is 2.89. The van der Waals surface area contributed by atoms with Crippen molar-refractivity contribution in [2.24, 2.45) is 7.05 Å². The van der Waals surface area contributed by atoms with Crippen LogP contribution in [0.25, 0.3) is 21.3 Å². The first-order chi connectivity index (χ1) is 11.1. The minimum atomic E-state index is -0.117. The van der Waals surface area contributed by atoms with Gasteiger partial charge in [-0.15, -0.1) is 11.3 Å². The van der Waals surface area contributed by atoms with Crippen molar-refractivity contribution >= 4 is 44.3 Å². The average Bonchev–Trinajstić information content (AvgIpc) is 3.10. The van der Waals surface area contributed by atoms with Gasteiger partial charge in [-0.05, 0) is 31.2 Å². The summed E-state index contributed by atoms with van der Waals surface area (Å²) in [6.07, 6.45) is 7.40. The molecule has 4 rings (SSSR count). The number of rotatable bonds is 2. The lowest BCUT2D eigenvalue weighted by Crippen LogP contribution is -2.12. The number of hydrogen-bond acceptors (Lipinski definition) is 5. The van der Waals surface area contributed by atoms with E-state index in [2.05, 4.69) is 20.1 Å². The molecular formula is C15H14ClN5OS. The first-order valence-electron chi connectivity index (χ1n) is 7.39. The number of aryl methyl sites for hydroxylation is 3. The van der Waals surface area contributed by atoms with Gasteiger partial charge in [0.25, 0.3) is 5.56 Å². The summed E-state index contributed by atoms with van der Waals surface area (Å²) >= 11 is 7.93. The molecule has 0 saturated heterocycles. The lowest BCUT2D eigenvalue weighted by atomic mass is 9.97. The zero-order chi connectivity index (χ0) is 16.0. The molecule has 1 aliphatic rings. The van der Waals surface area contributed by atoms with Crippen LogP contribution in [0.15, 0.2) is 11.1 Å². The number of thiophene rings is 1. The Morgan fingerprint density at radius 2 is 2.26 bits per heavy atom. The number of hydrogen-bond donors (Lipinski definition) is 1. The number of halogens is 1. The highest BCUT2D eigenvalue weighted by molar-refractivity contribution is 7.18. The topological polar surface area (TPSA) is 76.5 Å². The van der Waals surface area contributed by atoms with Crippen LogP contribution >= 0.6 is 22.9 Å². The second kappa shape index (κ2) is 5.58. The van der Waals surface area contributed by atoms with Crippen molar-refractivity contribution in [2.45, 2.75) is 25.7 Å². The van der Waals surface area contributed by atoms with Gasteiger partial charge in [-0.1, -0.05) is 11.6 Å². The van der Waals surface area contributed by atoms with Gasteiger partial charge in [-0.2, -0.15) is 5.10 Å². The Labute approximate surface area is 140 Å². The maximum absolute atomic E-state index is 12.5. The molecule has 3 aromatic heterocycles. The molecule has 0 aromatic carbocycles. The van der Waals surface area contributed by atoms with Gasteiger partial charge in [0.15, 0.2) is 11.6 Å². The Bertz CT molecular complexity index is 984. The van der Waals surface area contributed by atoms with Gasteiger partial charge in [0, 0.05) is 18.0 Å². The van der Waals surface area contributed by atoms with Crippen LogP contribution in [-0.4, -0.2) is 24.7 Å². The zero-order valence-electron chi connectivity index (χ0n) is 12.5. The molecule has 118 valence electrons. The number of nitrogens with zero attached hydrogens (tertiary/aromatic N) is 4. The predicted octanol–water partition coefficient (Wildman–Crippen LogP) is 2.73. The van der Waals surface area contributed by atoms with Gasteiger partial charge >= 0.3 is 0 Å². The predicted molar refractivity (Wildman–Crippen MR) is 91.6 cm³/mol. The first kappa shape index (κ1) is 14.6. The van der Waals surface area contributed by atoms with Gasteiger partial charge in [-0.25, -0.2) is 14.6 Å². The van der Waals surface area contributed by atoms with E-state index in [9.17, 15) is 4.79 Å². The van der Waals surface area contributed by atoms with Crippen LogP contribution in [0.3, 0.4) is 0 Å². The van der Waals surface area contributed by atoms with Crippen molar-refractivity contribution in [3.05, 3.63) is 38.8 Å². The molecule has 6 nitrogen and oxygen atoms in total. The minimum absolute atomic E-state index is 0.117. The highest BCUT2D eigenvalue weighted by Crippen LogP contribution is 2.34. The number of H-pyrrole nitrogens is 1. The molecule has 0 atom stereocenters. The summed E-state index contributed by atoms with van der Waals surface area (Å²) in [6.45, 7) is 0. The monoisotopic (exact) mass is 347 g/mol. The smallest absolute Gasteiger partial charge is 0.260 e. The third-order valence-electron chi connectivity index (χ3n) is 4.05. The van der Waals surface area contributed by atoms with E-state index in [0.717, 1.165) is 29.5 Å². The van der Waals surface area contributed by atoms with Crippen LogP contribution in [0.4, 0.5) is 0 Å². The third kappa shape index (κ3) is 2.49. The van der Waals surface area contributed by atoms with Crippen molar-refractivity contribution < 1.29 is 0 Å². The third-order valence-corrected chi connectivity index (χ3v) is 5.53. The maximum atomic E-state index is 12.5. The van der Waals surface area contributed by atoms with Crippen LogP contribution in [0, 0.1) is 0 Å². The summed E-state index contributed by atoms with van der Waals surface area (Å²) < 4.78 is 1.60. The highest BCUT2D eigenvalue weighted by atomic mass is 35.5. The Hall–Kier alpha value is -1.99. The molecule has 1 N–H and O–H groups in total. The van der Waals surface area contributed by atoms with Crippen LogP contribution in [-0.2, 0) is 19.9 Å². The zero-order valence-corrected chi connectivity index (χ0v) is 14.0. The van der Waals surface area contributed by atoms with Crippen molar-refractivity contribution in [3.63, 3.8) is 0 Å². The second-order valence-corrected chi connectivity index (χ2v) is 7.03. The molecule has 3 heterocycles. The standard InChI is InChI=1S/C15H14ClN5OS/c1-21-11(17-7-18-21)6-9(16)13-19-14(22)12-8-4-2-3-5-10(8)23-15(12)20-13/h6-7H,2-5H2,1H3,(H,19,20,22). The highest BCUT2D eigenvalue weighted by Gasteiger charge is 2.20. The van der Waals surface area contributed by atoms with E-state index < -0.39 is 0 Å². The minimum Gasteiger partial charge on any atom is -0.305 e. The van der Waals surface area contributed by atoms with Gasteiger partial charge < -0.3 is 4.98 Å². The maximum Gasteiger partial charge on any atom is 0.260 e. The first-order valence-corrected chi connectivity index (χ1v) is 8.59. The number of aromatic nitrogens is 5. The van der Waals surface area contributed by atoms with E-state index >= 15 is 0 Å². The lowest BCUT2D eigenvalue weighted by molar-refractivity contribution is 0.700. The average molecular weight is 348 g/mol. The normalized spacial score (nSPS) is 15.1. The number of fused-ring (bicyclic) bond motifs is 3. The van der Waals surface area contributed by atoms with Crippen LogP contribution in [0.2, 0.25) is 0 Å².